The predicted octanol–water partition coefficient (Wildman–Crippen LogP) is 4.37. The first-order valence-electron chi connectivity index (χ1n) is 5.40. The molecule has 1 N–H and O–H groups in total. The molecule has 0 bridgehead atoms. The Balaban J connectivity index is 2.72. The largest absolute Gasteiger partial charge is 0.496 e. The number of ether oxygens (including phenoxy) is 1. The molecule has 2 aromatic rings. The molecule has 19 heavy (non-hydrogen) atoms. The van der Waals surface area contributed by atoms with Crippen LogP contribution in [0, 0.1) is 0 Å². The third-order valence-electron chi connectivity index (χ3n) is 2.68. The van der Waals surface area contributed by atoms with Gasteiger partial charge in [-0.05, 0) is 30.3 Å². The van der Waals surface area contributed by atoms with Crippen LogP contribution >= 0.6 is 23.2 Å². The zero-order valence-corrected chi connectivity index (χ0v) is 11.5. The molecule has 0 amide bonds. The summed E-state index contributed by atoms with van der Waals surface area (Å²) < 4.78 is 5.23. The molecule has 98 valence electrons. The first-order valence-corrected chi connectivity index (χ1v) is 6.16. The van der Waals surface area contributed by atoms with Gasteiger partial charge in [0.2, 0.25) is 0 Å². The Morgan fingerprint density at radius 1 is 1.16 bits per heavy atom. The number of hydrogen-bond acceptors (Lipinski definition) is 2. The number of halogens is 2. The Morgan fingerprint density at radius 3 is 2.32 bits per heavy atom. The molecule has 0 aliphatic carbocycles. The van der Waals surface area contributed by atoms with E-state index in [4.69, 9.17) is 33.0 Å². The Morgan fingerprint density at radius 2 is 1.79 bits per heavy atom. The van der Waals surface area contributed by atoms with Gasteiger partial charge in [-0.25, -0.2) is 4.79 Å². The molecule has 5 heteroatoms. The van der Waals surface area contributed by atoms with Crippen LogP contribution in [0.15, 0.2) is 36.4 Å². The molecular weight excluding hydrogens is 287 g/mol. The van der Waals surface area contributed by atoms with Crippen LogP contribution in [0.5, 0.6) is 5.75 Å². The number of carboxylic acid groups (broad SMARTS) is 1. The molecule has 2 rings (SSSR count). The van der Waals surface area contributed by atoms with Crippen LogP contribution in [0.25, 0.3) is 11.1 Å². The van der Waals surface area contributed by atoms with Crippen LogP contribution in [-0.2, 0) is 0 Å². The van der Waals surface area contributed by atoms with E-state index in [1.807, 2.05) is 0 Å². The molecule has 0 aliphatic rings. The molecule has 0 unspecified atom stereocenters. The van der Waals surface area contributed by atoms with E-state index in [9.17, 15) is 4.79 Å². The number of methoxy groups -OCH3 is 1. The number of carbonyl (C=O) groups is 1. The molecule has 2 aromatic carbocycles. The monoisotopic (exact) mass is 296 g/mol. The molecule has 0 radical (unpaired) electrons. The molecule has 0 atom stereocenters. The second kappa shape index (κ2) is 5.51. The van der Waals surface area contributed by atoms with Crippen molar-refractivity contribution in [1.29, 1.82) is 0 Å². The van der Waals surface area contributed by atoms with Crippen LogP contribution in [0.1, 0.15) is 10.4 Å². The van der Waals surface area contributed by atoms with Crippen molar-refractivity contribution < 1.29 is 14.6 Å². The molecule has 0 spiro atoms. The SMILES string of the molecule is COc1ccc(C(=O)O)cc1-c1c(Cl)cccc1Cl. The third-order valence-corrected chi connectivity index (χ3v) is 3.31. The minimum Gasteiger partial charge on any atom is -0.496 e. The lowest BCUT2D eigenvalue weighted by atomic mass is 10.0. The Kier molecular flexibility index (Phi) is 3.98. The minimum absolute atomic E-state index is 0.145. The summed E-state index contributed by atoms with van der Waals surface area (Å²) in [6, 6.07) is 9.65. The highest BCUT2D eigenvalue weighted by molar-refractivity contribution is 6.39. The van der Waals surface area contributed by atoms with Crippen LogP contribution in [0.3, 0.4) is 0 Å². The highest BCUT2D eigenvalue weighted by atomic mass is 35.5. The molecule has 0 saturated heterocycles. The predicted molar refractivity (Wildman–Crippen MR) is 75.4 cm³/mol. The van der Waals surface area contributed by atoms with E-state index in [1.165, 1.54) is 19.2 Å². The summed E-state index contributed by atoms with van der Waals surface area (Å²) in [5, 5.41) is 9.93. The Bertz CT molecular complexity index is 618. The molecule has 0 saturated carbocycles. The van der Waals surface area contributed by atoms with Gasteiger partial charge in [-0.15, -0.1) is 0 Å². The van der Waals surface area contributed by atoms with E-state index in [0.29, 0.717) is 26.9 Å². The maximum Gasteiger partial charge on any atom is 0.335 e. The summed E-state index contributed by atoms with van der Waals surface area (Å²) in [5.41, 5.74) is 1.26. The number of carboxylic acids is 1. The van der Waals surface area contributed by atoms with E-state index in [1.54, 1.807) is 24.3 Å². The van der Waals surface area contributed by atoms with Crippen molar-refractivity contribution in [3.63, 3.8) is 0 Å². The first-order chi connectivity index (χ1) is 9.04. The van der Waals surface area contributed by atoms with Crippen LogP contribution in [0.2, 0.25) is 10.0 Å². The average Bonchev–Trinajstić information content (AvgIpc) is 2.38. The highest BCUT2D eigenvalue weighted by Crippen LogP contribution is 2.40. The van der Waals surface area contributed by atoms with Gasteiger partial charge in [-0.3, -0.25) is 0 Å². The number of aromatic carboxylic acids is 1. The van der Waals surface area contributed by atoms with Crippen molar-refractivity contribution in [1.82, 2.24) is 0 Å². The second-order valence-corrected chi connectivity index (χ2v) is 4.63. The summed E-state index contributed by atoms with van der Waals surface area (Å²) in [7, 11) is 1.50. The van der Waals surface area contributed by atoms with Gasteiger partial charge in [-0.1, -0.05) is 29.3 Å². The fourth-order valence-corrected chi connectivity index (χ4v) is 2.39. The normalized spacial score (nSPS) is 10.3. The van der Waals surface area contributed by atoms with E-state index < -0.39 is 5.97 Å². The maximum absolute atomic E-state index is 11.0. The van der Waals surface area contributed by atoms with Crippen molar-refractivity contribution >= 4 is 29.2 Å². The van der Waals surface area contributed by atoms with Gasteiger partial charge in [0.25, 0.3) is 0 Å². The van der Waals surface area contributed by atoms with Gasteiger partial charge < -0.3 is 9.84 Å². The van der Waals surface area contributed by atoms with Gasteiger partial charge >= 0.3 is 5.97 Å². The van der Waals surface area contributed by atoms with Gasteiger partial charge in [0.15, 0.2) is 0 Å². The van der Waals surface area contributed by atoms with Crippen molar-refractivity contribution in [3.05, 3.63) is 52.0 Å². The quantitative estimate of drug-likeness (QED) is 0.915. The second-order valence-electron chi connectivity index (χ2n) is 3.82. The van der Waals surface area contributed by atoms with E-state index in [2.05, 4.69) is 0 Å². The summed E-state index contributed by atoms with van der Waals surface area (Å²) in [6.45, 7) is 0. The van der Waals surface area contributed by atoms with E-state index >= 15 is 0 Å². The van der Waals surface area contributed by atoms with Crippen molar-refractivity contribution in [2.45, 2.75) is 0 Å². The summed E-state index contributed by atoms with van der Waals surface area (Å²) in [4.78, 5) is 11.0. The molecule has 3 nitrogen and oxygen atoms in total. The standard InChI is InChI=1S/C14H10Cl2O3/c1-19-12-6-5-8(14(17)18)7-9(12)13-10(15)3-2-4-11(13)16/h2-7H,1H3,(H,17,18). The molecular formula is C14H10Cl2O3. The van der Waals surface area contributed by atoms with Crippen molar-refractivity contribution in [3.8, 4) is 16.9 Å². The zero-order valence-electron chi connectivity index (χ0n) is 9.98. The van der Waals surface area contributed by atoms with E-state index in [0.717, 1.165) is 0 Å². The van der Waals surface area contributed by atoms with Crippen molar-refractivity contribution in [2.24, 2.45) is 0 Å². The molecule has 0 aromatic heterocycles. The first kappa shape index (κ1) is 13.7. The minimum atomic E-state index is -1.02. The summed E-state index contributed by atoms with van der Waals surface area (Å²) >= 11 is 12.3. The maximum atomic E-state index is 11.0. The van der Waals surface area contributed by atoms with E-state index in [-0.39, 0.29) is 5.56 Å². The number of rotatable bonds is 3. The number of hydrogen-bond donors (Lipinski definition) is 1. The lowest BCUT2D eigenvalue weighted by molar-refractivity contribution is 0.0697. The van der Waals surface area contributed by atoms with Gasteiger partial charge in [0.1, 0.15) is 5.75 Å². The molecule has 0 fully saturated rings. The Hall–Kier alpha value is -1.71. The molecule has 0 heterocycles. The number of benzene rings is 2. The van der Waals surface area contributed by atoms with Crippen LogP contribution < -0.4 is 4.74 Å². The van der Waals surface area contributed by atoms with Gasteiger partial charge in [-0.2, -0.15) is 0 Å². The third kappa shape index (κ3) is 2.67. The smallest absolute Gasteiger partial charge is 0.335 e. The lowest BCUT2D eigenvalue weighted by Crippen LogP contribution is -1.98. The zero-order chi connectivity index (χ0) is 14.0. The summed E-state index contributed by atoms with van der Waals surface area (Å²) in [6.07, 6.45) is 0. The fourth-order valence-electron chi connectivity index (χ4n) is 1.79. The van der Waals surface area contributed by atoms with Crippen LogP contribution in [0.4, 0.5) is 0 Å². The summed E-state index contributed by atoms with van der Waals surface area (Å²) in [5.74, 6) is -0.507. The average molecular weight is 297 g/mol. The lowest BCUT2D eigenvalue weighted by Gasteiger charge is -2.12. The van der Waals surface area contributed by atoms with Crippen LogP contribution in [-0.4, -0.2) is 18.2 Å². The topological polar surface area (TPSA) is 46.5 Å². The van der Waals surface area contributed by atoms with Gasteiger partial charge in [0, 0.05) is 11.1 Å². The molecule has 0 aliphatic heterocycles. The van der Waals surface area contributed by atoms with Crippen molar-refractivity contribution in [2.75, 3.05) is 7.11 Å². The fraction of sp³-hybridized carbons (Fsp3) is 0.0714. The van der Waals surface area contributed by atoms with Gasteiger partial charge in [0.05, 0.1) is 22.7 Å². The Labute approximate surface area is 120 Å². The highest BCUT2D eigenvalue weighted by Gasteiger charge is 2.15.